The lowest BCUT2D eigenvalue weighted by molar-refractivity contribution is 0.0477. The molecule has 1 N–H and O–H groups in total. The first-order chi connectivity index (χ1) is 10.2. The van der Waals surface area contributed by atoms with E-state index >= 15 is 0 Å². The van der Waals surface area contributed by atoms with E-state index in [1.807, 2.05) is 42.5 Å². The molecule has 0 spiro atoms. The number of methoxy groups -OCH3 is 1. The Morgan fingerprint density at radius 3 is 2.67 bits per heavy atom. The average Bonchev–Trinajstić information content (AvgIpc) is 2.84. The van der Waals surface area contributed by atoms with Crippen molar-refractivity contribution < 1.29 is 14.6 Å². The van der Waals surface area contributed by atoms with Gasteiger partial charge in [0.2, 0.25) is 0 Å². The molecule has 2 aromatic rings. The van der Waals surface area contributed by atoms with Gasteiger partial charge in [0.25, 0.3) is 0 Å². The van der Waals surface area contributed by atoms with Crippen LogP contribution in [0.4, 0.5) is 0 Å². The third kappa shape index (κ3) is 2.61. The lowest BCUT2D eigenvalue weighted by Crippen LogP contribution is -2.21. The zero-order valence-corrected chi connectivity index (χ0v) is 12.4. The van der Waals surface area contributed by atoms with Gasteiger partial charge < -0.3 is 14.6 Å². The van der Waals surface area contributed by atoms with Crippen molar-refractivity contribution in [2.75, 3.05) is 7.11 Å². The first kappa shape index (κ1) is 14.0. The normalized spacial score (nSPS) is 20.1. The smallest absolute Gasteiger partial charge is 0.161 e. The summed E-state index contributed by atoms with van der Waals surface area (Å²) in [7, 11) is 1.64. The third-order valence-corrected chi connectivity index (χ3v) is 4.06. The van der Waals surface area contributed by atoms with Crippen LogP contribution in [0.1, 0.15) is 29.7 Å². The van der Waals surface area contributed by atoms with E-state index in [-0.39, 0.29) is 6.10 Å². The Balaban J connectivity index is 1.82. The molecule has 0 aromatic heterocycles. The van der Waals surface area contributed by atoms with Crippen LogP contribution in [-0.4, -0.2) is 18.3 Å². The van der Waals surface area contributed by atoms with Gasteiger partial charge in [0, 0.05) is 6.42 Å². The van der Waals surface area contributed by atoms with Crippen molar-refractivity contribution >= 4 is 0 Å². The summed E-state index contributed by atoms with van der Waals surface area (Å²) in [6.07, 6.45) is 0.824. The second-order valence-corrected chi connectivity index (χ2v) is 5.34. The van der Waals surface area contributed by atoms with Crippen LogP contribution < -0.4 is 9.47 Å². The van der Waals surface area contributed by atoms with Gasteiger partial charge in [-0.05, 0) is 35.2 Å². The fourth-order valence-electron chi connectivity index (χ4n) is 2.84. The van der Waals surface area contributed by atoms with E-state index in [9.17, 15) is 5.11 Å². The summed E-state index contributed by atoms with van der Waals surface area (Å²) in [5.74, 6) is 1.41. The Morgan fingerprint density at radius 2 is 1.95 bits per heavy atom. The number of aliphatic hydroxyl groups excluding tert-OH is 1. The molecule has 0 amide bonds. The minimum Gasteiger partial charge on any atom is -0.493 e. The summed E-state index contributed by atoms with van der Waals surface area (Å²) >= 11 is 0. The Kier molecular flexibility index (Phi) is 3.84. The molecule has 2 aromatic carbocycles. The molecule has 2 atom stereocenters. The molecule has 110 valence electrons. The molecule has 1 aliphatic rings. The Morgan fingerprint density at radius 1 is 1.14 bits per heavy atom. The molecule has 3 rings (SSSR count). The molecule has 1 aliphatic carbocycles. The number of hydrogen-bond donors (Lipinski definition) is 1. The molecule has 0 bridgehead atoms. The summed E-state index contributed by atoms with van der Waals surface area (Å²) < 4.78 is 11.4. The lowest BCUT2D eigenvalue weighted by Gasteiger charge is -2.19. The van der Waals surface area contributed by atoms with Crippen LogP contribution in [0, 0.1) is 0 Å². The molecule has 3 heteroatoms. The molecule has 0 saturated carbocycles. The average molecular weight is 284 g/mol. The molecule has 21 heavy (non-hydrogen) atoms. The maximum absolute atomic E-state index is 10.4. The fourth-order valence-corrected chi connectivity index (χ4v) is 2.84. The van der Waals surface area contributed by atoms with Gasteiger partial charge in [-0.25, -0.2) is 0 Å². The van der Waals surface area contributed by atoms with Gasteiger partial charge in [0.05, 0.1) is 7.11 Å². The minimum absolute atomic E-state index is 0.260. The largest absolute Gasteiger partial charge is 0.493 e. The monoisotopic (exact) mass is 284 g/mol. The van der Waals surface area contributed by atoms with Gasteiger partial charge in [-0.2, -0.15) is 0 Å². The first-order valence-corrected chi connectivity index (χ1v) is 7.32. The molecule has 0 radical (unpaired) electrons. The topological polar surface area (TPSA) is 38.7 Å². The minimum atomic E-state index is -0.586. The van der Waals surface area contributed by atoms with Crippen LogP contribution >= 0.6 is 0 Å². The van der Waals surface area contributed by atoms with Crippen molar-refractivity contribution in [3.05, 3.63) is 59.2 Å². The van der Waals surface area contributed by atoms with Crippen molar-refractivity contribution in [1.82, 2.24) is 0 Å². The summed E-state index contributed by atoms with van der Waals surface area (Å²) in [6, 6.07) is 13.9. The number of fused-ring (bicyclic) bond motifs is 1. The zero-order chi connectivity index (χ0) is 14.8. The summed E-state index contributed by atoms with van der Waals surface area (Å²) in [6.45, 7) is 2.10. The lowest BCUT2D eigenvalue weighted by atomic mass is 10.1. The predicted molar refractivity (Wildman–Crippen MR) is 81.9 cm³/mol. The SMILES string of the molecule is CCc1ccc(OC2Cc3ccccc3C2O)c(OC)c1. The third-order valence-electron chi connectivity index (χ3n) is 4.06. The predicted octanol–water partition coefficient (Wildman–Crippen LogP) is 3.29. The van der Waals surface area contributed by atoms with Gasteiger partial charge in [-0.1, -0.05) is 37.3 Å². The highest BCUT2D eigenvalue weighted by molar-refractivity contribution is 5.44. The Labute approximate surface area is 125 Å². The van der Waals surface area contributed by atoms with Gasteiger partial charge in [0.15, 0.2) is 11.5 Å². The highest BCUT2D eigenvalue weighted by atomic mass is 16.5. The van der Waals surface area contributed by atoms with Crippen LogP contribution in [0.3, 0.4) is 0 Å². The highest BCUT2D eigenvalue weighted by Crippen LogP contribution is 2.37. The molecule has 2 unspecified atom stereocenters. The van der Waals surface area contributed by atoms with Crippen molar-refractivity contribution in [2.24, 2.45) is 0 Å². The number of aliphatic hydroxyl groups is 1. The summed E-state index contributed by atoms with van der Waals surface area (Å²) in [5.41, 5.74) is 3.32. The number of hydrogen-bond acceptors (Lipinski definition) is 3. The number of rotatable bonds is 4. The summed E-state index contributed by atoms with van der Waals surface area (Å²) in [4.78, 5) is 0. The standard InChI is InChI=1S/C18H20O3/c1-3-12-8-9-15(16(10-12)20-2)21-17-11-13-6-4-5-7-14(13)18(17)19/h4-10,17-19H,3,11H2,1-2H3. The molecule has 0 heterocycles. The van der Waals surface area contributed by atoms with Gasteiger partial charge in [-0.15, -0.1) is 0 Å². The molecule has 3 nitrogen and oxygen atoms in total. The maximum atomic E-state index is 10.4. The van der Waals surface area contributed by atoms with Crippen molar-refractivity contribution in [3.8, 4) is 11.5 Å². The van der Waals surface area contributed by atoms with E-state index in [0.717, 1.165) is 29.7 Å². The molecular formula is C18H20O3. The number of aryl methyl sites for hydroxylation is 1. The maximum Gasteiger partial charge on any atom is 0.161 e. The zero-order valence-electron chi connectivity index (χ0n) is 12.4. The van der Waals surface area contributed by atoms with E-state index in [0.29, 0.717) is 5.75 Å². The molecule has 0 fully saturated rings. The van der Waals surface area contributed by atoms with Crippen molar-refractivity contribution in [2.45, 2.75) is 32.0 Å². The number of ether oxygens (including phenoxy) is 2. The van der Waals surface area contributed by atoms with E-state index in [2.05, 4.69) is 6.92 Å². The Hall–Kier alpha value is -2.00. The van der Waals surface area contributed by atoms with Crippen LogP contribution in [-0.2, 0) is 12.8 Å². The van der Waals surface area contributed by atoms with Crippen molar-refractivity contribution in [3.63, 3.8) is 0 Å². The molecular weight excluding hydrogens is 264 g/mol. The Bertz CT molecular complexity index is 636. The van der Waals surface area contributed by atoms with Crippen molar-refractivity contribution in [1.29, 1.82) is 0 Å². The second kappa shape index (κ2) is 5.78. The van der Waals surface area contributed by atoms with Crippen LogP contribution in [0.25, 0.3) is 0 Å². The quantitative estimate of drug-likeness (QED) is 0.936. The highest BCUT2D eigenvalue weighted by Gasteiger charge is 2.32. The van der Waals surface area contributed by atoms with Crippen LogP contribution in [0.5, 0.6) is 11.5 Å². The fraction of sp³-hybridized carbons (Fsp3) is 0.333. The summed E-state index contributed by atoms with van der Waals surface area (Å²) in [5, 5.41) is 10.4. The van der Waals surface area contributed by atoms with E-state index in [1.54, 1.807) is 7.11 Å². The second-order valence-electron chi connectivity index (χ2n) is 5.34. The number of benzene rings is 2. The van der Waals surface area contributed by atoms with Gasteiger partial charge in [-0.3, -0.25) is 0 Å². The van der Waals surface area contributed by atoms with E-state index < -0.39 is 6.10 Å². The van der Waals surface area contributed by atoms with Gasteiger partial charge in [0.1, 0.15) is 12.2 Å². The molecule has 0 saturated heterocycles. The first-order valence-electron chi connectivity index (χ1n) is 7.32. The van der Waals surface area contributed by atoms with Gasteiger partial charge >= 0.3 is 0 Å². The van der Waals surface area contributed by atoms with E-state index in [4.69, 9.17) is 9.47 Å². The van der Waals surface area contributed by atoms with Crippen LogP contribution in [0.15, 0.2) is 42.5 Å². The van der Waals surface area contributed by atoms with E-state index in [1.165, 1.54) is 5.56 Å². The molecule has 0 aliphatic heterocycles. The van der Waals surface area contributed by atoms with Crippen LogP contribution in [0.2, 0.25) is 0 Å².